The highest BCUT2D eigenvalue weighted by Crippen LogP contribution is 2.34. The lowest BCUT2D eigenvalue weighted by atomic mass is 9.77. The van der Waals surface area contributed by atoms with Crippen molar-refractivity contribution in [2.24, 2.45) is 11.8 Å². The van der Waals surface area contributed by atoms with Crippen LogP contribution in [0.1, 0.15) is 159 Å². The van der Waals surface area contributed by atoms with Gasteiger partial charge in [0.1, 0.15) is 0 Å². The summed E-state index contributed by atoms with van der Waals surface area (Å²) in [5.41, 5.74) is 4.72. The van der Waals surface area contributed by atoms with Crippen molar-refractivity contribution < 1.29 is 0 Å². The molecule has 0 saturated heterocycles. The van der Waals surface area contributed by atoms with Crippen LogP contribution in [0.2, 0.25) is 0 Å². The molecular weight excluding hydrogens is 396 g/mol. The third kappa shape index (κ3) is 13.0. The minimum atomic E-state index is 0.988. The van der Waals surface area contributed by atoms with Crippen molar-refractivity contribution in [2.45, 2.75) is 162 Å². The molecule has 1 aliphatic rings. The second kappa shape index (κ2) is 18.5. The second-order valence-corrected chi connectivity index (χ2v) is 11.5. The van der Waals surface area contributed by atoms with Gasteiger partial charge in [-0.1, -0.05) is 148 Å². The third-order valence-corrected chi connectivity index (χ3v) is 8.48. The van der Waals surface area contributed by atoms with E-state index in [1.54, 1.807) is 16.7 Å². The molecule has 0 N–H and O–H groups in total. The van der Waals surface area contributed by atoms with E-state index in [2.05, 4.69) is 39.0 Å². The van der Waals surface area contributed by atoms with Gasteiger partial charge in [-0.2, -0.15) is 0 Å². The standard InChI is InChI=1S/C33H58/c1-4-6-8-10-12-14-16-18-30-20-22-31(23-21-30)24-26-33-27-25-32(28-29(33)3)19-17-15-13-11-9-7-5-2/h25,27-28,30-31H,4-24,26H2,1-3H3/t30-,31-. The van der Waals surface area contributed by atoms with E-state index in [4.69, 9.17) is 0 Å². The molecule has 1 aliphatic carbocycles. The summed E-state index contributed by atoms with van der Waals surface area (Å²) in [7, 11) is 0. The molecule has 0 spiro atoms. The lowest BCUT2D eigenvalue weighted by Crippen LogP contribution is -2.15. The van der Waals surface area contributed by atoms with Crippen LogP contribution in [0.15, 0.2) is 18.2 Å². The Morgan fingerprint density at radius 2 is 1.09 bits per heavy atom. The minimum Gasteiger partial charge on any atom is -0.0654 e. The quantitative estimate of drug-likeness (QED) is 0.182. The average Bonchev–Trinajstić information content (AvgIpc) is 2.83. The van der Waals surface area contributed by atoms with E-state index in [1.165, 1.54) is 141 Å². The Balaban J connectivity index is 1.54. The molecule has 0 aliphatic heterocycles. The molecule has 0 aromatic heterocycles. The molecule has 0 amide bonds. The highest BCUT2D eigenvalue weighted by Gasteiger charge is 2.20. The fourth-order valence-corrected chi connectivity index (χ4v) is 6.04. The zero-order chi connectivity index (χ0) is 23.6. The first kappa shape index (κ1) is 28.5. The van der Waals surface area contributed by atoms with Gasteiger partial charge in [-0.15, -0.1) is 0 Å². The van der Waals surface area contributed by atoms with Crippen molar-refractivity contribution in [3.8, 4) is 0 Å². The summed E-state index contributed by atoms with van der Waals surface area (Å²) < 4.78 is 0. The molecule has 1 aromatic rings. The van der Waals surface area contributed by atoms with E-state index in [1.807, 2.05) is 0 Å². The van der Waals surface area contributed by atoms with Gasteiger partial charge in [0, 0.05) is 0 Å². The van der Waals surface area contributed by atoms with Crippen LogP contribution in [0, 0.1) is 18.8 Å². The van der Waals surface area contributed by atoms with Crippen molar-refractivity contribution in [3.05, 3.63) is 34.9 Å². The Labute approximate surface area is 208 Å². The highest BCUT2D eigenvalue weighted by molar-refractivity contribution is 5.31. The number of aryl methyl sites for hydroxylation is 3. The van der Waals surface area contributed by atoms with Gasteiger partial charge in [0.05, 0.1) is 0 Å². The molecule has 1 saturated carbocycles. The van der Waals surface area contributed by atoms with Crippen LogP contribution >= 0.6 is 0 Å². The number of benzene rings is 1. The van der Waals surface area contributed by atoms with E-state index >= 15 is 0 Å². The molecule has 0 nitrogen and oxygen atoms in total. The molecule has 0 unspecified atom stereocenters. The zero-order valence-electron chi connectivity index (χ0n) is 22.9. The molecule has 1 aromatic carbocycles. The lowest BCUT2D eigenvalue weighted by Gasteiger charge is -2.28. The first-order chi connectivity index (χ1) is 16.2. The summed E-state index contributed by atoms with van der Waals surface area (Å²) in [5.74, 6) is 2.03. The van der Waals surface area contributed by atoms with Gasteiger partial charge in [-0.25, -0.2) is 0 Å². The maximum Gasteiger partial charge on any atom is -0.0274 e. The molecule has 1 fully saturated rings. The number of rotatable bonds is 19. The Bertz CT molecular complexity index is 578. The Hall–Kier alpha value is -0.780. The fraction of sp³-hybridized carbons (Fsp3) is 0.818. The Morgan fingerprint density at radius 3 is 1.67 bits per heavy atom. The smallest absolute Gasteiger partial charge is 0.0274 e. The van der Waals surface area contributed by atoms with Crippen LogP contribution in [-0.2, 0) is 12.8 Å². The van der Waals surface area contributed by atoms with Crippen LogP contribution in [0.25, 0.3) is 0 Å². The van der Waals surface area contributed by atoms with Crippen molar-refractivity contribution in [2.75, 3.05) is 0 Å². The number of hydrogen-bond acceptors (Lipinski definition) is 0. The normalized spacial score (nSPS) is 18.6. The topological polar surface area (TPSA) is 0 Å². The van der Waals surface area contributed by atoms with Crippen LogP contribution in [-0.4, -0.2) is 0 Å². The molecule has 0 heteroatoms. The molecule has 190 valence electrons. The molecule has 0 atom stereocenters. The third-order valence-electron chi connectivity index (χ3n) is 8.48. The lowest BCUT2D eigenvalue weighted by molar-refractivity contribution is 0.248. The molecule has 33 heavy (non-hydrogen) atoms. The zero-order valence-corrected chi connectivity index (χ0v) is 22.9. The SMILES string of the molecule is CCCCCCCCCc1ccc(CC[C@H]2CC[C@H](CCCCCCCCC)CC2)c(C)c1. The van der Waals surface area contributed by atoms with E-state index < -0.39 is 0 Å². The summed E-state index contributed by atoms with van der Waals surface area (Å²) in [4.78, 5) is 0. The summed E-state index contributed by atoms with van der Waals surface area (Å²) in [6.45, 7) is 6.96. The molecule has 0 radical (unpaired) electrons. The van der Waals surface area contributed by atoms with E-state index in [9.17, 15) is 0 Å². The maximum absolute atomic E-state index is 2.49. The predicted molar refractivity (Wildman–Crippen MR) is 149 cm³/mol. The number of hydrogen-bond donors (Lipinski definition) is 0. The van der Waals surface area contributed by atoms with Gasteiger partial charge < -0.3 is 0 Å². The molecule has 2 rings (SSSR count). The van der Waals surface area contributed by atoms with Gasteiger partial charge in [0.15, 0.2) is 0 Å². The molecule has 0 heterocycles. The Kier molecular flexibility index (Phi) is 16.0. The van der Waals surface area contributed by atoms with E-state index in [0.29, 0.717) is 0 Å². The van der Waals surface area contributed by atoms with Gasteiger partial charge >= 0.3 is 0 Å². The first-order valence-electron chi connectivity index (χ1n) is 15.3. The summed E-state index contributed by atoms with van der Waals surface area (Å²) in [6.07, 6.45) is 31.6. The largest absolute Gasteiger partial charge is 0.0654 e. The van der Waals surface area contributed by atoms with E-state index in [0.717, 1.165) is 11.8 Å². The maximum atomic E-state index is 2.49. The fourth-order valence-electron chi connectivity index (χ4n) is 6.04. The van der Waals surface area contributed by atoms with Crippen LogP contribution in [0.4, 0.5) is 0 Å². The average molecular weight is 455 g/mol. The van der Waals surface area contributed by atoms with Gasteiger partial charge in [0.25, 0.3) is 0 Å². The van der Waals surface area contributed by atoms with E-state index in [-0.39, 0.29) is 0 Å². The minimum absolute atomic E-state index is 0.988. The monoisotopic (exact) mass is 454 g/mol. The predicted octanol–water partition coefficient (Wildman–Crippen LogP) is 11.2. The molecule has 0 bridgehead atoms. The van der Waals surface area contributed by atoms with Crippen molar-refractivity contribution in [3.63, 3.8) is 0 Å². The second-order valence-electron chi connectivity index (χ2n) is 11.5. The number of unbranched alkanes of at least 4 members (excludes halogenated alkanes) is 12. The summed E-state index contributed by atoms with van der Waals surface area (Å²) in [6, 6.07) is 7.38. The highest BCUT2D eigenvalue weighted by atomic mass is 14.3. The summed E-state index contributed by atoms with van der Waals surface area (Å²) >= 11 is 0. The van der Waals surface area contributed by atoms with Crippen LogP contribution in [0.5, 0.6) is 0 Å². The Morgan fingerprint density at radius 1 is 0.576 bits per heavy atom. The van der Waals surface area contributed by atoms with Crippen LogP contribution < -0.4 is 0 Å². The van der Waals surface area contributed by atoms with Crippen molar-refractivity contribution in [1.82, 2.24) is 0 Å². The summed E-state index contributed by atoms with van der Waals surface area (Å²) in [5, 5.41) is 0. The van der Waals surface area contributed by atoms with Gasteiger partial charge in [-0.05, 0) is 61.1 Å². The van der Waals surface area contributed by atoms with Crippen molar-refractivity contribution >= 4 is 0 Å². The first-order valence-corrected chi connectivity index (χ1v) is 15.3. The van der Waals surface area contributed by atoms with Crippen molar-refractivity contribution in [1.29, 1.82) is 0 Å². The van der Waals surface area contributed by atoms with Gasteiger partial charge in [-0.3, -0.25) is 0 Å². The molecular formula is C33H58. The van der Waals surface area contributed by atoms with Crippen LogP contribution in [0.3, 0.4) is 0 Å². The van der Waals surface area contributed by atoms with Gasteiger partial charge in [0.2, 0.25) is 0 Å².